The molecule has 1 aromatic rings. The number of hydrogen-bond donors (Lipinski definition) is 1. The molecule has 1 atom stereocenters. The Morgan fingerprint density at radius 3 is 2.30 bits per heavy atom. The van der Waals surface area contributed by atoms with E-state index in [4.69, 9.17) is 0 Å². The molecule has 7 nitrogen and oxygen atoms in total. The molecule has 1 aromatic carbocycles. The van der Waals surface area contributed by atoms with Crippen molar-refractivity contribution in [3.8, 4) is 0 Å². The van der Waals surface area contributed by atoms with Crippen molar-refractivity contribution in [2.24, 2.45) is 0 Å². The van der Waals surface area contributed by atoms with Crippen molar-refractivity contribution >= 4 is 25.8 Å². The summed E-state index contributed by atoms with van der Waals surface area (Å²) in [6.07, 6.45) is 2.75. The highest BCUT2D eigenvalue weighted by Gasteiger charge is 2.30. The lowest BCUT2D eigenvalue weighted by molar-refractivity contribution is -0.120. The summed E-state index contributed by atoms with van der Waals surface area (Å²) in [7, 11) is -7.09. The van der Waals surface area contributed by atoms with Crippen LogP contribution in [0.1, 0.15) is 45.6 Å². The molecule has 0 bridgehead atoms. The third-order valence-electron chi connectivity index (χ3n) is 4.84. The standard InChI is InChI=1S/C18H28N2O5S2/c1-14(2)26(22,23)15(3)18(21)19-13-16-8-7-9-17(12-16)27(24,25)20-10-5-4-6-11-20/h7-9,12,14-15H,4-6,10-11,13H2,1-3H3,(H,19,21). The van der Waals surface area contributed by atoms with Gasteiger partial charge in [-0.1, -0.05) is 18.6 Å². The Morgan fingerprint density at radius 2 is 1.70 bits per heavy atom. The van der Waals surface area contributed by atoms with Crippen molar-refractivity contribution in [3.63, 3.8) is 0 Å². The molecule has 1 unspecified atom stereocenters. The molecule has 1 aliphatic heterocycles. The molecular formula is C18H28N2O5S2. The third kappa shape index (κ3) is 5.08. The second kappa shape index (κ2) is 8.70. The zero-order valence-electron chi connectivity index (χ0n) is 16.0. The summed E-state index contributed by atoms with van der Waals surface area (Å²) < 4.78 is 51.2. The molecule has 1 heterocycles. The van der Waals surface area contributed by atoms with E-state index in [1.807, 2.05) is 0 Å². The van der Waals surface area contributed by atoms with Crippen LogP contribution >= 0.6 is 0 Å². The Bertz CT molecular complexity index is 873. The van der Waals surface area contributed by atoms with Crippen LogP contribution in [0.3, 0.4) is 0 Å². The highest BCUT2D eigenvalue weighted by atomic mass is 32.2. The van der Waals surface area contributed by atoms with E-state index < -0.39 is 36.3 Å². The topological polar surface area (TPSA) is 101 Å². The molecule has 0 radical (unpaired) electrons. The summed E-state index contributed by atoms with van der Waals surface area (Å²) in [5.41, 5.74) is 0.607. The van der Waals surface area contributed by atoms with E-state index in [2.05, 4.69) is 5.32 Å². The first kappa shape index (κ1) is 21.8. The lowest BCUT2D eigenvalue weighted by Crippen LogP contribution is -2.40. The Balaban J connectivity index is 2.09. The lowest BCUT2D eigenvalue weighted by atomic mass is 10.2. The molecular weight excluding hydrogens is 388 g/mol. The maximum absolute atomic E-state index is 12.8. The molecule has 27 heavy (non-hydrogen) atoms. The van der Waals surface area contributed by atoms with Gasteiger partial charge in [0.25, 0.3) is 0 Å². The summed E-state index contributed by atoms with van der Waals surface area (Å²) in [5, 5.41) is 0.794. The van der Waals surface area contributed by atoms with Crippen LogP contribution in [0.15, 0.2) is 29.2 Å². The first-order valence-electron chi connectivity index (χ1n) is 9.16. The highest BCUT2D eigenvalue weighted by Crippen LogP contribution is 2.21. The van der Waals surface area contributed by atoms with Crippen molar-refractivity contribution < 1.29 is 21.6 Å². The number of hydrogen-bond acceptors (Lipinski definition) is 5. The van der Waals surface area contributed by atoms with E-state index in [1.54, 1.807) is 18.2 Å². The van der Waals surface area contributed by atoms with Crippen molar-refractivity contribution in [1.29, 1.82) is 0 Å². The van der Waals surface area contributed by atoms with Gasteiger partial charge >= 0.3 is 0 Å². The molecule has 1 N–H and O–H groups in total. The number of sulfone groups is 1. The van der Waals surface area contributed by atoms with Gasteiger partial charge < -0.3 is 5.32 Å². The van der Waals surface area contributed by atoms with E-state index in [9.17, 15) is 21.6 Å². The number of amides is 1. The minimum Gasteiger partial charge on any atom is -0.351 e. The Labute approximate surface area is 162 Å². The Morgan fingerprint density at radius 1 is 1.07 bits per heavy atom. The van der Waals surface area contributed by atoms with Gasteiger partial charge in [0.15, 0.2) is 9.84 Å². The van der Waals surface area contributed by atoms with Gasteiger partial charge in [-0.25, -0.2) is 16.8 Å². The summed E-state index contributed by atoms with van der Waals surface area (Å²) in [4.78, 5) is 12.4. The summed E-state index contributed by atoms with van der Waals surface area (Å²) in [5.74, 6) is -0.590. The number of benzene rings is 1. The molecule has 0 aliphatic carbocycles. The van der Waals surface area contributed by atoms with Crippen molar-refractivity contribution in [3.05, 3.63) is 29.8 Å². The van der Waals surface area contributed by atoms with Gasteiger partial charge in [-0.15, -0.1) is 0 Å². The zero-order chi connectivity index (χ0) is 20.2. The number of piperidine rings is 1. The maximum atomic E-state index is 12.8. The molecule has 9 heteroatoms. The fraction of sp³-hybridized carbons (Fsp3) is 0.611. The minimum atomic E-state index is -3.55. The predicted molar refractivity (Wildman–Crippen MR) is 104 cm³/mol. The van der Waals surface area contributed by atoms with Gasteiger partial charge in [0.05, 0.1) is 10.1 Å². The van der Waals surface area contributed by atoms with Crippen LogP contribution in [0.2, 0.25) is 0 Å². The van der Waals surface area contributed by atoms with Crippen LogP contribution in [0.5, 0.6) is 0 Å². The van der Waals surface area contributed by atoms with Crippen molar-refractivity contribution in [1.82, 2.24) is 9.62 Å². The van der Waals surface area contributed by atoms with E-state index in [-0.39, 0.29) is 11.4 Å². The predicted octanol–water partition coefficient (Wildman–Crippen LogP) is 1.69. The average Bonchev–Trinajstić information content (AvgIpc) is 2.66. The van der Waals surface area contributed by atoms with E-state index in [1.165, 1.54) is 31.1 Å². The van der Waals surface area contributed by atoms with E-state index in [0.717, 1.165) is 19.3 Å². The van der Waals surface area contributed by atoms with Crippen LogP contribution in [-0.4, -0.2) is 50.6 Å². The summed E-state index contributed by atoms with van der Waals surface area (Å²) in [6, 6.07) is 6.41. The van der Waals surface area contributed by atoms with Gasteiger partial charge in [-0.3, -0.25) is 4.79 Å². The molecule has 1 amide bonds. The SMILES string of the molecule is CC(C)S(=O)(=O)C(C)C(=O)NCc1cccc(S(=O)(=O)N2CCCCC2)c1. The van der Waals surface area contributed by atoms with Gasteiger partial charge in [-0.2, -0.15) is 4.31 Å². The van der Waals surface area contributed by atoms with Crippen LogP contribution in [-0.2, 0) is 31.2 Å². The fourth-order valence-corrected chi connectivity index (χ4v) is 5.75. The molecule has 0 spiro atoms. The summed E-state index contributed by atoms with van der Waals surface area (Å²) >= 11 is 0. The van der Waals surface area contributed by atoms with Crippen molar-refractivity contribution in [2.45, 2.75) is 62.0 Å². The second-order valence-corrected chi connectivity index (χ2v) is 11.9. The Kier molecular flexibility index (Phi) is 7.04. The second-order valence-electron chi connectivity index (χ2n) is 7.11. The van der Waals surface area contributed by atoms with Crippen LogP contribution in [0, 0.1) is 0 Å². The normalized spacial score (nSPS) is 17.6. The lowest BCUT2D eigenvalue weighted by Gasteiger charge is -2.26. The molecule has 0 saturated carbocycles. The number of carbonyl (C=O) groups excluding carboxylic acids is 1. The molecule has 2 rings (SSSR count). The average molecular weight is 417 g/mol. The molecule has 152 valence electrons. The van der Waals surface area contributed by atoms with E-state index in [0.29, 0.717) is 18.7 Å². The first-order chi connectivity index (χ1) is 12.6. The van der Waals surface area contributed by atoms with E-state index >= 15 is 0 Å². The van der Waals surface area contributed by atoms with Gasteiger partial charge in [-0.05, 0) is 51.3 Å². The quantitative estimate of drug-likeness (QED) is 0.729. The van der Waals surface area contributed by atoms with Crippen LogP contribution in [0.25, 0.3) is 0 Å². The largest absolute Gasteiger partial charge is 0.351 e. The molecule has 0 aromatic heterocycles. The van der Waals surface area contributed by atoms with Crippen molar-refractivity contribution in [2.75, 3.05) is 13.1 Å². The number of sulfonamides is 1. The summed E-state index contributed by atoms with van der Waals surface area (Å²) in [6.45, 7) is 5.55. The molecule has 1 saturated heterocycles. The Hall–Kier alpha value is -1.45. The van der Waals surface area contributed by atoms with Gasteiger partial charge in [0, 0.05) is 19.6 Å². The monoisotopic (exact) mass is 416 g/mol. The van der Waals surface area contributed by atoms with Gasteiger partial charge in [0.2, 0.25) is 15.9 Å². The number of nitrogens with one attached hydrogen (secondary N) is 1. The minimum absolute atomic E-state index is 0.0696. The molecule has 1 fully saturated rings. The van der Waals surface area contributed by atoms with Gasteiger partial charge in [0.1, 0.15) is 5.25 Å². The number of nitrogens with zero attached hydrogens (tertiary/aromatic N) is 1. The molecule has 1 aliphatic rings. The number of rotatable bonds is 7. The first-order valence-corrected chi connectivity index (χ1v) is 12.2. The zero-order valence-corrected chi connectivity index (χ0v) is 17.6. The third-order valence-corrected chi connectivity index (χ3v) is 9.25. The highest BCUT2D eigenvalue weighted by molar-refractivity contribution is 7.93. The fourth-order valence-electron chi connectivity index (χ4n) is 2.96. The van der Waals surface area contributed by atoms with Crippen LogP contribution in [0.4, 0.5) is 0 Å². The smallest absolute Gasteiger partial charge is 0.243 e. The number of carbonyl (C=O) groups is 1. The van der Waals surface area contributed by atoms with Crippen LogP contribution < -0.4 is 5.32 Å². The maximum Gasteiger partial charge on any atom is 0.243 e.